The van der Waals surface area contributed by atoms with Crippen molar-refractivity contribution in [1.29, 1.82) is 5.41 Å². The first-order chi connectivity index (χ1) is 5.54. The van der Waals surface area contributed by atoms with Gasteiger partial charge in [-0.2, -0.15) is 0 Å². The minimum Gasteiger partial charge on any atom is -0.385 e. The molecule has 1 amide bonds. The Labute approximate surface area is 70.3 Å². The molecule has 5 nitrogen and oxygen atoms in total. The molecule has 0 heterocycles. The largest absolute Gasteiger partial charge is 0.385 e. The molecule has 0 aromatic carbocycles. The van der Waals surface area contributed by atoms with Crippen LogP contribution in [-0.2, 0) is 4.79 Å². The predicted molar refractivity (Wildman–Crippen MR) is 46.0 cm³/mol. The Kier molecular flexibility index (Phi) is 3.37. The highest BCUT2D eigenvalue weighted by Crippen LogP contribution is 1.96. The number of nitrogens with one attached hydrogen (secondary N) is 2. The Hall–Kier alpha value is -1.96. The third kappa shape index (κ3) is 2.02. The van der Waals surface area contributed by atoms with E-state index in [0.29, 0.717) is 0 Å². The standard InChI is InChI=1S/C7H10N4O/c1-3-4(8)5(7(10)12)6(9)11-2/h1,8,11H,9H2,2H3,(H2,10,12)/b6-5-,8-4?. The maximum absolute atomic E-state index is 10.7. The highest BCUT2D eigenvalue weighted by molar-refractivity contribution is 6.26. The van der Waals surface area contributed by atoms with Gasteiger partial charge in [0.15, 0.2) is 0 Å². The third-order valence-electron chi connectivity index (χ3n) is 1.18. The fraction of sp³-hybridized carbons (Fsp3) is 0.143. The van der Waals surface area contributed by atoms with Crippen LogP contribution in [-0.4, -0.2) is 18.7 Å². The van der Waals surface area contributed by atoms with Crippen molar-refractivity contribution in [1.82, 2.24) is 5.32 Å². The molecule has 64 valence electrons. The molecular weight excluding hydrogens is 156 g/mol. The van der Waals surface area contributed by atoms with E-state index in [2.05, 4.69) is 5.32 Å². The number of hydrogen-bond donors (Lipinski definition) is 4. The van der Waals surface area contributed by atoms with Crippen molar-refractivity contribution in [2.24, 2.45) is 11.5 Å². The summed E-state index contributed by atoms with van der Waals surface area (Å²) in [6.07, 6.45) is 4.90. The Morgan fingerprint density at radius 3 is 2.33 bits per heavy atom. The van der Waals surface area contributed by atoms with Gasteiger partial charge >= 0.3 is 0 Å². The van der Waals surface area contributed by atoms with Crippen LogP contribution in [0.5, 0.6) is 0 Å². The van der Waals surface area contributed by atoms with Gasteiger partial charge in [-0.1, -0.05) is 5.92 Å². The summed E-state index contributed by atoms with van der Waals surface area (Å²) in [5, 5.41) is 9.63. The lowest BCUT2D eigenvalue weighted by Crippen LogP contribution is -2.29. The molecule has 0 atom stereocenters. The molecule has 6 N–H and O–H groups in total. The first-order valence-electron chi connectivity index (χ1n) is 3.07. The highest BCUT2D eigenvalue weighted by Gasteiger charge is 2.13. The molecule has 0 unspecified atom stereocenters. The molecule has 0 aliphatic rings. The Morgan fingerprint density at radius 1 is 1.58 bits per heavy atom. The van der Waals surface area contributed by atoms with Gasteiger partial charge in [0.25, 0.3) is 5.91 Å². The van der Waals surface area contributed by atoms with E-state index in [1.54, 1.807) is 0 Å². The van der Waals surface area contributed by atoms with Gasteiger partial charge in [-0.3, -0.25) is 10.2 Å². The molecular formula is C7H10N4O. The quantitative estimate of drug-likeness (QED) is 0.233. The minimum absolute atomic E-state index is 0.00505. The summed E-state index contributed by atoms with van der Waals surface area (Å²) in [4.78, 5) is 10.7. The summed E-state index contributed by atoms with van der Waals surface area (Å²) in [5.74, 6) is 1.16. The van der Waals surface area contributed by atoms with Gasteiger partial charge in [0.1, 0.15) is 17.1 Å². The van der Waals surface area contributed by atoms with Crippen molar-refractivity contribution in [3.8, 4) is 12.3 Å². The molecule has 12 heavy (non-hydrogen) atoms. The van der Waals surface area contributed by atoms with Crippen LogP contribution in [0.1, 0.15) is 0 Å². The average molecular weight is 166 g/mol. The van der Waals surface area contributed by atoms with Crippen LogP contribution in [0.4, 0.5) is 0 Å². The van der Waals surface area contributed by atoms with E-state index in [0.717, 1.165) is 0 Å². The molecule has 0 spiro atoms. The van der Waals surface area contributed by atoms with Crippen LogP contribution in [0.3, 0.4) is 0 Å². The summed E-state index contributed by atoms with van der Waals surface area (Å²) >= 11 is 0. The summed E-state index contributed by atoms with van der Waals surface area (Å²) < 4.78 is 0. The SMILES string of the molecule is C#CC(=N)/C(C(N)=O)=C(\N)NC. The first-order valence-corrected chi connectivity index (χ1v) is 3.07. The number of hydrogen-bond acceptors (Lipinski definition) is 4. The first kappa shape index (κ1) is 10.0. The summed E-state index contributed by atoms with van der Waals surface area (Å²) in [6.45, 7) is 0. The van der Waals surface area contributed by atoms with Crippen LogP contribution in [0, 0.1) is 17.8 Å². The van der Waals surface area contributed by atoms with Gasteiger partial charge in [-0.05, 0) is 0 Å². The van der Waals surface area contributed by atoms with E-state index in [1.807, 2.05) is 5.92 Å². The van der Waals surface area contributed by atoms with Gasteiger partial charge in [0, 0.05) is 7.05 Å². The summed E-state index contributed by atoms with van der Waals surface area (Å²) in [7, 11) is 1.50. The van der Waals surface area contributed by atoms with Crippen molar-refractivity contribution < 1.29 is 4.79 Å². The van der Waals surface area contributed by atoms with Crippen molar-refractivity contribution >= 4 is 11.6 Å². The normalized spacial score (nSPS) is 11.0. The lowest BCUT2D eigenvalue weighted by molar-refractivity contribution is -0.114. The Balaban J connectivity index is 5.09. The van der Waals surface area contributed by atoms with Gasteiger partial charge in [0.05, 0.1) is 0 Å². The van der Waals surface area contributed by atoms with Crippen molar-refractivity contribution in [3.05, 3.63) is 11.4 Å². The van der Waals surface area contributed by atoms with Gasteiger partial charge in [-0.25, -0.2) is 0 Å². The molecule has 0 aliphatic heterocycles. The molecule has 0 radical (unpaired) electrons. The molecule has 0 saturated heterocycles. The molecule has 5 heteroatoms. The Bertz CT molecular complexity index is 284. The molecule has 0 aromatic heterocycles. The predicted octanol–water partition coefficient (Wildman–Crippen LogP) is -1.49. The maximum atomic E-state index is 10.7. The van der Waals surface area contributed by atoms with Crippen molar-refractivity contribution in [2.75, 3.05) is 7.05 Å². The molecule has 0 aliphatic carbocycles. The number of rotatable bonds is 3. The number of nitrogens with two attached hydrogens (primary N) is 2. The summed E-state index contributed by atoms with van der Waals surface area (Å²) in [6, 6.07) is 0. The van der Waals surface area contributed by atoms with E-state index in [4.69, 9.17) is 23.3 Å². The zero-order chi connectivity index (χ0) is 9.72. The van der Waals surface area contributed by atoms with Crippen molar-refractivity contribution in [3.63, 3.8) is 0 Å². The number of amides is 1. The van der Waals surface area contributed by atoms with Gasteiger partial charge < -0.3 is 16.8 Å². The highest BCUT2D eigenvalue weighted by atomic mass is 16.1. The van der Waals surface area contributed by atoms with E-state index in [-0.39, 0.29) is 17.1 Å². The van der Waals surface area contributed by atoms with E-state index < -0.39 is 5.91 Å². The smallest absolute Gasteiger partial charge is 0.255 e. The van der Waals surface area contributed by atoms with Crippen LogP contribution >= 0.6 is 0 Å². The monoisotopic (exact) mass is 166 g/mol. The van der Waals surface area contributed by atoms with E-state index in [1.165, 1.54) is 7.05 Å². The van der Waals surface area contributed by atoms with Crippen molar-refractivity contribution in [2.45, 2.75) is 0 Å². The Morgan fingerprint density at radius 2 is 2.08 bits per heavy atom. The second kappa shape index (κ2) is 4.03. The fourth-order valence-corrected chi connectivity index (χ4v) is 0.588. The lowest BCUT2D eigenvalue weighted by Gasteiger charge is -2.04. The summed E-state index contributed by atoms with van der Waals surface area (Å²) in [5.41, 5.74) is 9.77. The third-order valence-corrected chi connectivity index (χ3v) is 1.18. The van der Waals surface area contributed by atoms with Crippen LogP contribution in [0.15, 0.2) is 11.4 Å². The lowest BCUT2D eigenvalue weighted by atomic mass is 10.1. The second-order valence-electron chi connectivity index (χ2n) is 1.92. The van der Waals surface area contributed by atoms with Crippen LogP contribution in [0.25, 0.3) is 0 Å². The molecule has 0 saturated carbocycles. The maximum Gasteiger partial charge on any atom is 0.255 e. The van der Waals surface area contributed by atoms with Crippen LogP contribution < -0.4 is 16.8 Å². The molecule has 0 fully saturated rings. The number of terminal acetylenes is 1. The zero-order valence-electron chi connectivity index (χ0n) is 6.64. The topological polar surface area (TPSA) is 105 Å². The van der Waals surface area contributed by atoms with Gasteiger partial charge in [-0.15, -0.1) is 6.42 Å². The number of primary amides is 1. The fourth-order valence-electron chi connectivity index (χ4n) is 0.588. The van der Waals surface area contributed by atoms with Crippen LogP contribution in [0.2, 0.25) is 0 Å². The minimum atomic E-state index is -0.815. The van der Waals surface area contributed by atoms with Gasteiger partial charge in [0.2, 0.25) is 0 Å². The second-order valence-corrected chi connectivity index (χ2v) is 1.92. The molecule has 0 bridgehead atoms. The van der Waals surface area contributed by atoms with E-state index in [9.17, 15) is 4.79 Å². The average Bonchev–Trinajstić information content (AvgIpc) is 2.03. The molecule has 0 aromatic rings. The number of carbonyl (C=O) groups is 1. The molecule has 0 rings (SSSR count). The zero-order valence-corrected chi connectivity index (χ0v) is 6.64. The van der Waals surface area contributed by atoms with E-state index >= 15 is 0 Å². The number of carbonyl (C=O) groups excluding carboxylic acids is 1.